The first-order valence-electron chi connectivity index (χ1n) is 7.76. The Kier molecular flexibility index (Phi) is 3.48. The van der Waals surface area contributed by atoms with Crippen LogP contribution in [-0.2, 0) is 9.59 Å². The number of nitrogens with two attached hydrogens (primary N) is 1. The molecule has 20 heavy (non-hydrogen) atoms. The molecule has 3 rings (SSSR count). The van der Waals surface area contributed by atoms with E-state index in [2.05, 4.69) is 5.32 Å². The number of rotatable bonds is 5. The summed E-state index contributed by atoms with van der Waals surface area (Å²) in [4.78, 5) is 23.3. The van der Waals surface area contributed by atoms with Gasteiger partial charge in [-0.15, -0.1) is 0 Å². The van der Waals surface area contributed by atoms with E-state index < -0.39 is 5.97 Å². The van der Waals surface area contributed by atoms with Crippen molar-refractivity contribution in [3.8, 4) is 0 Å². The summed E-state index contributed by atoms with van der Waals surface area (Å²) in [6.07, 6.45) is 6.42. The zero-order valence-electron chi connectivity index (χ0n) is 11.8. The lowest BCUT2D eigenvalue weighted by atomic mass is 9.66. The number of hydrogen-bond donors (Lipinski definition) is 3. The second kappa shape index (κ2) is 5.02. The van der Waals surface area contributed by atoms with Crippen molar-refractivity contribution in [3.05, 3.63) is 0 Å². The van der Waals surface area contributed by atoms with E-state index in [4.69, 9.17) is 10.8 Å². The number of fused-ring (bicyclic) bond motifs is 2. The minimum absolute atomic E-state index is 0.00515. The highest BCUT2D eigenvalue weighted by molar-refractivity contribution is 5.80. The van der Waals surface area contributed by atoms with Crippen molar-refractivity contribution >= 4 is 11.9 Å². The van der Waals surface area contributed by atoms with Gasteiger partial charge >= 0.3 is 5.97 Å². The number of carboxylic acid groups (broad SMARTS) is 1. The molecule has 1 amide bonds. The second-order valence-electron chi connectivity index (χ2n) is 7.08. The van der Waals surface area contributed by atoms with Crippen LogP contribution in [-0.4, -0.2) is 29.6 Å². The van der Waals surface area contributed by atoms with Crippen molar-refractivity contribution in [2.75, 3.05) is 6.54 Å². The van der Waals surface area contributed by atoms with Crippen LogP contribution >= 0.6 is 0 Å². The van der Waals surface area contributed by atoms with Crippen LogP contribution < -0.4 is 11.1 Å². The van der Waals surface area contributed by atoms with Crippen LogP contribution in [0.2, 0.25) is 0 Å². The average molecular weight is 280 g/mol. The maximum atomic E-state index is 12.4. The second-order valence-corrected chi connectivity index (χ2v) is 7.08. The fraction of sp³-hybridized carbons (Fsp3) is 0.867. The fourth-order valence-corrected chi connectivity index (χ4v) is 4.53. The highest BCUT2D eigenvalue weighted by Gasteiger charge is 2.49. The minimum Gasteiger partial charge on any atom is -0.481 e. The third kappa shape index (κ3) is 2.32. The van der Waals surface area contributed by atoms with E-state index in [0.29, 0.717) is 18.4 Å². The molecule has 5 heteroatoms. The summed E-state index contributed by atoms with van der Waals surface area (Å²) in [5, 5.41) is 12.0. The molecule has 5 nitrogen and oxygen atoms in total. The van der Waals surface area contributed by atoms with Crippen LogP contribution in [0.3, 0.4) is 0 Å². The first-order valence-corrected chi connectivity index (χ1v) is 7.76. The van der Waals surface area contributed by atoms with Crippen LogP contribution in [0, 0.1) is 23.2 Å². The molecule has 112 valence electrons. The molecule has 0 saturated heterocycles. The highest BCUT2D eigenvalue weighted by Crippen LogP contribution is 2.48. The average Bonchev–Trinajstić information content (AvgIpc) is 2.92. The molecule has 0 aromatic rings. The molecule has 0 spiro atoms. The summed E-state index contributed by atoms with van der Waals surface area (Å²) in [7, 11) is 0. The first-order chi connectivity index (χ1) is 9.51. The number of nitrogens with one attached hydrogen (secondary N) is 1. The number of carbonyl (C=O) groups is 2. The van der Waals surface area contributed by atoms with Crippen LogP contribution in [0.25, 0.3) is 0 Å². The van der Waals surface area contributed by atoms with E-state index in [0.717, 1.165) is 32.1 Å². The Morgan fingerprint density at radius 2 is 1.95 bits per heavy atom. The smallest absolute Gasteiger partial charge is 0.303 e. The predicted molar refractivity (Wildman–Crippen MR) is 73.8 cm³/mol. The standard InChI is InChI=1S/C15H24N2O3/c16-13-10-3-2-9(6-10)12(13)14(20)17-8-15(4-1-5-15)7-11(18)19/h9-10,12-13H,1-8,16H2,(H,17,20)(H,18,19). The van der Waals surface area contributed by atoms with E-state index in [1.54, 1.807) is 0 Å². The Hall–Kier alpha value is -1.10. The van der Waals surface area contributed by atoms with Gasteiger partial charge in [0.05, 0.1) is 12.3 Å². The zero-order valence-corrected chi connectivity index (χ0v) is 11.8. The van der Waals surface area contributed by atoms with Crippen molar-refractivity contribution < 1.29 is 14.7 Å². The van der Waals surface area contributed by atoms with Crippen molar-refractivity contribution in [1.82, 2.24) is 5.32 Å². The van der Waals surface area contributed by atoms with Gasteiger partial charge in [0.25, 0.3) is 0 Å². The molecule has 0 aliphatic heterocycles. The van der Waals surface area contributed by atoms with Gasteiger partial charge in [-0.1, -0.05) is 6.42 Å². The van der Waals surface area contributed by atoms with Crippen LogP contribution in [0.1, 0.15) is 44.9 Å². The Balaban J connectivity index is 1.55. The molecule has 4 atom stereocenters. The largest absolute Gasteiger partial charge is 0.481 e. The molecule has 0 radical (unpaired) electrons. The van der Waals surface area contributed by atoms with Crippen molar-refractivity contribution in [2.24, 2.45) is 28.9 Å². The third-order valence-electron chi connectivity index (χ3n) is 5.86. The van der Waals surface area contributed by atoms with Crippen LogP contribution in [0.15, 0.2) is 0 Å². The normalized spacial score (nSPS) is 37.5. The molecule has 2 bridgehead atoms. The first kappa shape index (κ1) is 13.9. The van der Waals surface area contributed by atoms with E-state index >= 15 is 0 Å². The van der Waals surface area contributed by atoms with Gasteiger partial charge in [0.2, 0.25) is 5.91 Å². The van der Waals surface area contributed by atoms with E-state index in [1.807, 2.05) is 0 Å². The predicted octanol–water partition coefficient (Wildman–Crippen LogP) is 1.12. The van der Waals surface area contributed by atoms with Crippen molar-refractivity contribution in [2.45, 2.75) is 51.0 Å². The van der Waals surface area contributed by atoms with Crippen molar-refractivity contribution in [3.63, 3.8) is 0 Å². The Morgan fingerprint density at radius 3 is 2.45 bits per heavy atom. The summed E-state index contributed by atoms with van der Waals surface area (Å²) < 4.78 is 0. The lowest BCUT2D eigenvalue weighted by molar-refractivity contribution is -0.142. The summed E-state index contributed by atoms with van der Waals surface area (Å²) in [5.41, 5.74) is 5.97. The van der Waals surface area contributed by atoms with Crippen LogP contribution in [0.4, 0.5) is 0 Å². The molecule has 3 aliphatic carbocycles. The molecular weight excluding hydrogens is 256 g/mol. The number of aliphatic carboxylic acids is 1. The molecular formula is C15H24N2O3. The molecule has 4 unspecified atom stereocenters. The highest BCUT2D eigenvalue weighted by atomic mass is 16.4. The van der Waals surface area contributed by atoms with Gasteiger partial charge in [-0.2, -0.15) is 0 Å². The monoisotopic (exact) mass is 280 g/mol. The van der Waals surface area contributed by atoms with E-state index in [-0.39, 0.29) is 29.7 Å². The molecule has 3 saturated carbocycles. The number of amides is 1. The van der Waals surface area contributed by atoms with Gasteiger partial charge in [-0.05, 0) is 49.4 Å². The van der Waals surface area contributed by atoms with Crippen LogP contribution in [0.5, 0.6) is 0 Å². The maximum Gasteiger partial charge on any atom is 0.303 e. The summed E-state index contributed by atoms with van der Waals surface area (Å²) in [6, 6.07) is 0.00515. The molecule has 0 aromatic heterocycles. The van der Waals surface area contributed by atoms with Crippen molar-refractivity contribution in [1.29, 1.82) is 0 Å². The van der Waals surface area contributed by atoms with Gasteiger partial charge in [-0.25, -0.2) is 0 Å². The lowest BCUT2D eigenvalue weighted by Gasteiger charge is -2.41. The maximum absolute atomic E-state index is 12.4. The topological polar surface area (TPSA) is 92.4 Å². The lowest BCUT2D eigenvalue weighted by Crippen LogP contribution is -2.49. The molecule has 4 N–H and O–H groups in total. The fourth-order valence-electron chi connectivity index (χ4n) is 4.53. The Morgan fingerprint density at radius 1 is 1.25 bits per heavy atom. The van der Waals surface area contributed by atoms with Gasteiger partial charge in [0, 0.05) is 12.6 Å². The van der Waals surface area contributed by atoms with E-state index in [1.165, 1.54) is 6.42 Å². The van der Waals surface area contributed by atoms with Gasteiger partial charge in [-0.3, -0.25) is 9.59 Å². The molecule has 0 heterocycles. The summed E-state index contributed by atoms with van der Waals surface area (Å²) in [6.45, 7) is 0.499. The molecule has 0 aromatic carbocycles. The number of carbonyl (C=O) groups excluding carboxylic acids is 1. The quantitative estimate of drug-likeness (QED) is 0.703. The number of hydrogen-bond acceptors (Lipinski definition) is 3. The van der Waals surface area contributed by atoms with Gasteiger partial charge in [0.15, 0.2) is 0 Å². The number of carboxylic acids is 1. The zero-order chi connectivity index (χ0) is 14.3. The summed E-state index contributed by atoms with van der Waals surface area (Å²) in [5.74, 6) is 0.215. The molecule has 3 fully saturated rings. The Bertz CT molecular complexity index is 417. The molecule has 3 aliphatic rings. The van der Waals surface area contributed by atoms with Gasteiger partial charge < -0.3 is 16.2 Å². The summed E-state index contributed by atoms with van der Waals surface area (Å²) >= 11 is 0. The Labute approximate surface area is 119 Å². The van der Waals surface area contributed by atoms with Gasteiger partial charge in [0.1, 0.15) is 0 Å². The third-order valence-corrected chi connectivity index (χ3v) is 5.86. The SMILES string of the molecule is NC1C2CCC(C2)C1C(=O)NCC1(CC(=O)O)CCC1. The minimum atomic E-state index is -0.768. The van der Waals surface area contributed by atoms with E-state index in [9.17, 15) is 9.59 Å².